The van der Waals surface area contributed by atoms with Gasteiger partial charge in [-0.15, -0.1) is 0 Å². The molecule has 0 spiro atoms. The number of nitrogens with two attached hydrogens (primary N) is 1. The Morgan fingerprint density at radius 1 is 1.39 bits per heavy atom. The molecule has 5 heteroatoms. The molecule has 1 fully saturated rings. The Bertz CT molecular complexity index is 577. The van der Waals surface area contributed by atoms with Crippen LogP contribution >= 0.6 is 0 Å². The van der Waals surface area contributed by atoms with E-state index in [2.05, 4.69) is 23.7 Å². The van der Waals surface area contributed by atoms with Crippen LogP contribution < -0.4 is 10.6 Å². The average molecular weight is 247 g/mol. The molecule has 1 aliphatic heterocycles. The van der Waals surface area contributed by atoms with Crippen molar-refractivity contribution in [2.24, 2.45) is 0 Å². The van der Waals surface area contributed by atoms with Gasteiger partial charge >= 0.3 is 0 Å². The van der Waals surface area contributed by atoms with Crippen LogP contribution in [0.25, 0.3) is 11.1 Å². The molecule has 0 aliphatic carbocycles. The van der Waals surface area contributed by atoms with E-state index in [0.29, 0.717) is 18.3 Å². The number of hydrogen-bond acceptors (Lipinski definition) is 5. The number of ether oxygens (including phenoxy) is 1. The highest BCUT2D eigenvalue weighted by Gasteiger charge is 2.29. The molecule has 2 N–H and O–H groups in total. The molecule has 2 aromatic rings. The first-order valence-electron chi connectivity index (χ1n) is 6.08. The molecule has 2 heterocycles. The van der Waals surface area contributed by atoms with E-state index >= 15 is 0 Å². The molecule has 5 nitrogen and oxygen atoms in total. The van der Waals surface area contributed by atoms with Crippen LogP contribution in [0.5, 0.6) is 0 Å². The Hall–Kier alpha value is -1.75. The van der Waals surface area contributed by atoms with Gasteiger partial charge in [0.15, 0.2) is 5.58 Å². The molecule has 0 bridgehead atoms. The van der Waals surface area contributed by atoms with Crippen molar-refractivity contribution in [1.82, 2.24) is 4.98 Å². The van der Waals surface area contributed by atoms with Crippen molar-refractivity contribution in [2.75, 3.05) is 30.3 Å². The van der Waals surface area contributed by atoms with Gasteiger partial charge in [-0.25, -0.2) is 0 Å². The molecule has 1 aliphatic rings. The molecular weight excluding hydrogens is 230 g/mol. The first-order valence-corrected chi connectivity index (χ1v) is 6.08. The van der Waals surface area contributed by atoms with E-state index in [1.165, 1.54) is 0 Å². The number of oxazole rings is 1. The monoisotopic (exact) mass is 247 g/mol. The highest BCUT2D eigenvalue weighted by atomic mass is 16.5. The predicted octanol–water partition coefficient (Wildman–Crippen LogP) is 2.03. The lowest BCUT2D eigenvalue weighted by Crippen LogP contribution is -2.48. The molecule has 0 amide bonds. The van der Waals surface area contributed by atoms with Crippen LogP contribution in [0, 0.1) is 0 Å². The number of benzene rings is 1. The molecule has 0 unspecified atom stereocenters. The quantitative estimate of drug-likeness (QED) is 0.781. The van der Waals surface area contributed by atoms with Gasteiger partial charge in [-0.05, 0) is 26.0 Å². The zero-order chi connectivity index (χ0) is 12.8. The first kappa shape index (κ1) is 11.3. The molecule has 18 heavy (non-hydrogen) atoms. The fourth-order valence-electron chi connectivity index (χ4n) is 2.24. The maximum atomic E-state index is 5.76. The van der Waals surface area contributed by atoms with Crippen LogP contribution in [-0.4, -0.2) is 30.3 Å². The third kappa shape index (κ3) is 2.01. The summed E-state index contributed by atoms with van der Waals surface area (Å²) in [5.41, 5.74) is 7.82. The van der Waals surface area contributed by atoms with E-state index in [9.17, 15) is 0 Å². The minimum absolute atomic E-state index is 0.169. The molecule has 96 valence electrons. The summed E-state index contributed by atoms with van der Waals surface area (Å²) in [6.45, 7) is 6.40. The zero-order valence-corrected chi connectivity index (χ0v) is 10.6. The van der Waals surface area contributed by atoms with Crippen molar-refractivity contribution in [1.29, 1.82) is 0 Å². The summed E-state index contributed by atoms with van der Waals surface area (Å²) in [6, 6.07) is 6.16. The maximum absolute atomic E-state index is 5.76. The Morgan fingerprint density at radius 3 is 3.00 bits per heavy atom. The van der Waals surface area contributed by atoms with Gasteiger partial charge in [0.2, 0.25) is 0 Å². The third-order valence-electron chi connectivity index (χ3n) is 3.10. The van der Waals surface area contributed by atoms with Gasteiger partial charge < -0.3 is 19.8 Å². The van der Waals surface area contributed by atoms with Crippen LogP contribution in [0.15, 0.2) is 22.6 Å². The number of fused-ring (bicyclic) bond motifs is 1. The molecule has 0 radical (unpaired) electrons. The number of aromatic nitrogens is 1. The van der Waals surface area contributed by atoms with Gasteiger partial charge in [-0.3, -0.25) is 0 Å². The summed E-state index contributed by atoms with van der Waals surface area (Å²) < 4.78 is 11.4. The third-order valence-corrected chi connectivity index (χ3v) is 3.10. The Balaban J connectivity index is 1.94. The Morgan fingerprint density at radius 2 is 2.22 bits per heavy atom. The molecule has 1 aromatic carbocycles. The van der Waals surface area contributed by atoms with Crippen molar-refractivity contribution in [3.8, 4) is 0 Å². The Kier molecular flexibility index (Phi) is 2.45. The van der Waals surface area contributed by atoms with Crippen LogP contribution in [0.1, 0.15) is 13.8 Å². The lowest BCUT2D eigenvalue weighted by atomic mass is 10.1. The van der Waals surface area contributed by atoms with Crippen molar-refractivity contribution in [3.63, 3.8) is 0 Å². The standard InChI is InChI=1S/C13H17N3O2/c1-13(2)8-16(5-6-17-13)12-15-10-4-3-9(14)7-11(10)18-12/h3-4,7H,5-6,8,14H2,1-2H3. The number of anilines is 2. The fraction of sp³-hybridized carbons (Fsp3) is 0.462. The van der Waals surface area contributed by atoms with Gasteiger partial charge in [0.1, 0.15) is 5.52 Å². The highest BCUT2D eigenvalue weighted by Crippen LogP contribution is 2.27. The molecule has 0 saturated carbocycles. The number of nitrogens with zero attached hydrogens (tertiary/aromatic N) is 2. The molecular formula is C13H17N3O2. The van der Waals surface area contributed by atoms with Gasteiger partial charge in [-0.2, -0.15) is 4.98 Å². The minimum Gasteiger partial charge on any atom is -0.423 e. The van der Waals surface area contributed by atoms with E-state index in [-0.39, 0.29) is 5.60 Å². The van der Waals surface area contributed by atoms with Crippen LogP contribution in [0.3, 0.4) is 0 Å². The average Bonchev–Trinajstić information content (AvgIpc) is 2.70. The second-order valence-electron chi connectivity index (χ2n) is 5.25. The molecule has 1 saturated heterocycles. The zero-order valence-electron chi connectivity index (χ0n) is 10.6. The lowest BCUT2D eigenvalue weighted by molar-refractivity contribution is -0.0289. The second kappa shape index (κ2) is 3.88. The van der Waals surface area contributed by atoms with Crippen molar-refractivity contribution in [3.05, 3.63) is 18.2 Å². The van der Waals surface area contributed by atoms with Crippen molar-refractivity contribution in [2.45, 2.75) is 19.4 Å². The summed E-state index contributed by atoms with van der Waals surface area (Å²) in [7, 11) is 0. The highest BCUT2D eigenvalue weighted by molar-refractivity contribution is 5.78. The van der Waals surface area contributed by atoms with Crippen LogP contribution in [0.4, 0.5) is 11.7 Å². The maximum Gasteiger partial charge on any atom is 0.298 e. The van der Waals surface area contributed by atoms with E-state index in [0.717, 1.165) is 24.2 Å². The van der Waals surface area contributed by atoms with Gasteiger partial charge in [-0.1, -0.05) is 0 Å². The molecule has 1 aromatic heterocycles. The van der Waals surface area contributed by atoms with E-state index in [1.54, 1.807) is 6.07 Å². The van der Waals surface area contributed by atoms with Gasteiger partial charge in [0.05, 0.1) is 18.8 Å². The summed E-state index contributed by atoms with van der Waals surface area (Å²) in [5.74, 6) is 0. The van der Waals surface area contributed by atoms with Crippen LogP contribution in [-0.2, 0) is 4.74 Å². The molecule has 0 atom stereocenters. The van der Waals surface area contributed by atoms with E-state index in [4.69, 9.17) is 14.9 Å². The summed E-state index contributed by atoms with van der Waals surface area (Å²) in [6.07, 6.45) is 0. The SMILES string of the molecule is CC1(C)CN(c2nc3ccc(N)cc3o2)CCO1. The minimum atomic E-state index is -0.169. The van der Waals surface area contributed by atoms with Crippen molar-refractivity contribution >= 4 is 22.8 Å². The largest absolute Gasteiger partial charge is 0.423 e. The van der Waals surface area contributed by atoms with Gasteiger partial charge in [0.25, 0.3) is 6.01 Å². The topological polar surface area (TPSA) is 64.5 Å². The summed E-state index contributed by atoms with van der Waals surface area (Å²) in [4.78, 5) is 6.60. The summed E-state index contributed by atoms with van der Waals surface area (Å²) in [5, 5.41) is 0. The summed E-state index contributed by atoms with van der Waals surface area (Å²) >= 11 is 0. The molecule has 3 rings (SSSR count). The number of nitrogen functional groups attached to an aromatic ring is 1. The number of rotatable bonds is 1. The lowest BCUT2D eigenvalue weighted by Gasteiger charge is -2.37. The predicted molar refractivity (Wildman–Crippen MR) is 70.7 cm³/mol. The number of morpholine rings is 1. The second-order valence-corrected chi connectivity index (χ2v) is 5.25. The van der Waals surface area contributed by atoms with Crippen molar-refractivity contribution < 1.29 is 9.15 Å². The normalized spacial score (nSPS) is 19.3. The van der Waals surface area contributed by atoms with Gasteiger partial charge in [0, 0.05) is 18.3 Å². The van der Waals surface area contributed by atoms with E-state index < -0.39 is 0 Å². The number of hydrogen-bond donors (Lipinski definition) is 1. The van der Waals surface area contributed by atoms with Crippen LogP contribution in [0.2, 0.25) is 0 Å². The fourth-order valence-corrected chi connectivity index (χ4v) is 2.24. The first-order chi connectivity index (χ1) is 8.53. The van der Waals surface area contributed by atoms with E-state index in [1.807, 2.05) is 12.1 Å². The smallest absolute Gasteiger partial charge is 0.298 e. The Labute approximate surface area is 106 Å².